The zero-order chi connectivity index (χ0) is 30.3. The summed E-state index contributed by atoms with van der Waals surface area (Å²) in [7, 11) is 2.04. The first kappa shape index (κ1) is 29.6. The molecule has 0 aromatic carbocycles. The molecule has 3 aliphatic heterocycles. The van der Waals surface area contributed by atoms with Crippen LogP contribution in [0.2, 0.25) is 0 Å². The largest absolute Gasteiger partial charge is 0.459 e. The molecule has 5 fully saturated rings. The first-order valence-corrected chi connectivity index (χ1v) is 16.2. The van der Waals surface area contributed by atoms with Crippen LogP contribution in [0.5, 0.6) is 5.88 Å². The highest BCUT2D eigenvalue weighted by atomic mass is 16.7. The Morgan fingerprint density at radius 2 is 1.91 bits per heavy atom. The molecular formula is C32H42N6O6. The molecule has 5 heterocycles. The van der Waals surface area contributed by atoms with E-state index in [1.54, 1.807) is 10.9 Å². The summed E-state index contributed by atoms with van der Waals surface area (Å²) < 4.78 is 26.7. The molecule has 2 unspecified atom stereocenters. The van der Waals surface area contributed by atoms with Crippen molar-refractivity contribution in [1.82, 2.24) is 24.6 Å². The molecule has 7 rings (SSSR count). The van der Waals surface area contributed by atoms with Gasteiger partial charge in [-0.3, -0.25) is 9.69 Å². The van der Waals surface area contributed by atoms with E-state index < -0.39 is 23.2 Å². The van der Waals surface area contributed by atoms with Crippen LogP contribution in [-0.2, 0) is 19.0 Å². The van der Waals surface area contributed by atoms with E-state index in [9.17, 15) is 10.0 Å². The van der Waals surface area contributed by atoms with Gasteiger partial charge < -0.3 is 24.2 Å². The number of oxime groups is 1. The smallest absolute Gasteiger partial charge is 0.229 e. The predicted octanol–water partition coefficient (Wildman–Crippen LogP) is 3.85. The second-order valence-electron chi connectivity index (χ2n) is 12.9. The quantitative estimate of drug-likeness (QED) is 0.224. The summed E-state index contributed by atoms with van der Waals surface area (Å²) in [5, 5.41) is 19.5. The van der Waals surface area contributed by atoms with Gasteiger partial charge in [-0.05, 0) is 71.4 Å². The maximum atomic E-state index is 14.6. The average molecular weight is 607 g/mol. The summed E-state index contributed by atoms with van der Waals surface area (Å²) in [5.74, 6) is 1.52. The number of hydrogen-bond donors (Lipinski definition) is 1. The summed E-state index contributed by atoms with van der Waals surface area (Å²) in [6.45, 7) is 2.52. The number of carbonyl (C=O) groups is 1. The van der Waals surface area contributed by atoms with E-state index in [0.717, 1.165) is 57.9 Å². The van der Waals surface area contributed by atoms with Crippen molar-refractivity contribution < 1.29 is 28.9 Å². The Bertz CT molecular complexity index is 1450. The van der Waals surface area contributed by atoms with Crippen molar-refractivity contribution in [3.05, 3.63) is 12.0 Å². The molecule has 44 heavy (non-hydrogen) atoms. The van der Waals surface area contributed by atoms with Gasteiger partial charge in [-0.1, -0.05) is 23.9 Å². The van der Waals surface area contributed by atoms with Crippen LogP contribution in [0.3, 0.4) is 0 Å². The molecule has 5 atom stereocenters. The SMILES string of the molecule is C#C[C@H](Oc1nc(/C(=N\O)C2CCC[C@@]3(CCCCC34OCCO4)C2=O)nc2c1cnn2C1CCCCO1)[C@@H]1CCCN1C. The molecule has 236 valence electrons. The van der Waals surface area contributed by atoms with E-state index >= 15 is 0 Å². The standard InChI is InChI=1S/C32H42N6O6/c1-3-24(23-11-9-16-37(23)2)44-30-22-20-33-38(25-12-4-7-17-41-25)29(22)34-28(35-30)26(36-40)21-10-8-14-31(27(21)39)13-5-6-15-32(31)42-18-19-43-32/h1,20-21,23-25,40H,4-19H2,2H3/b36-26-/t21?,23-,24-,25?,31-/m0/s1. The van der Waals surface area contributed by atoms with Crippen LogP contribution in [0.15, 0.2) is 11.4 Å². The Morgan fingerprint density at radius 3 is 2.64 bits per heavy atom. The molecule has 12 heteroatoms. The first-order valence-electron chi connectivity index (χ1n) is 16.2. The maximum Gasteiger partial charge on any atom is 0.229 e. The van der Waals surface area contributed by atoms with Gasteiger partial charge in [-0.25, -0.2) is 9.67 Å². The Kier molecular flexibility index (Phi) is 8.07. The Balaban J connectivity index is 1.29. The van der Waals surface area contributed by atoms with Crippen molar-refractivity contribution in [3.8, 4) is 18.2 Å². The number of rotatable bonds is 6. The number of nitrogens with zero attached hydrogens (tertiary/aromatic N) is 6. The molecule has 12 nitrogen and oxygen atoms in total. The van der Waals surface area contributed by atoms with Gasteiger partial charge >= 0.3 is 0 Å². The fourth-order valence-electron chi connectivity index (χ4n) is 8.34. The van der Waals surface area contributed by atoms with Crippen LogP contribution in [0.4, 0.5) is 0 Å². The highest BCUT2D eigenvalue weighted by molar-refractivity contribution is 6.14. The number of carbonyl (C=O) groups excluding carboxylic acids is 1. The van der Waals surface area contributed by atoms with Crippen LogP contribution in [0, 0.1) is 23.7 Å². The molecule has 2 spiro atoms. The van der Waals surface area contributed by atoms with E-state index in [1.807, 2.05) is 7.05 Å². The van der Waals surface area contributed by atoms with E-state index in [2.05, 4.69) is 21.1 Å². The van der Waals surface area contributed by atoms with Crippen molar-refractivity contribution in [2.24, 2.45) is 16.5 Å². The number of aromatic nitrogens is 4. The van der Waals surface area contributed by atoms with E-state index in [1.165, 1.54) is 0 Å². The van der Waals surface area contributed by atoms with Gasteiger partial charge in [-0.15, -0.1) is 6.42 Å². The summed E-state index contributed by atoms with van der Waals surface area (Å²) in [6, 6.07) is 0.0323. The molecule has 2 saturated carbocycles. The van der Waals surface area contributed by atoms with E-state index in [0.29, 0.717) is 56.5 Å². The number of terminal acetylenes is 1. The minimum absolute atomic E-state index is 0.0254. The van der Waals surface area contributed by atoms with Crippen molar-refractivity contribution >= 4 is 22.5 Å². The Hall–Kier alpha value is -3.11. The van der Waals surface area contributed by atoms with Gasteiger partial charge in [-0.2, -0.15) is 10.1 Å². The normalized spacial score (nSPS) is 32.0. The minimum Gasteiger partial charge on any atom is -0.459 e. The highest BCUT2D eigenvalue weighted by Crippen LogP contribution is 2.56. The summed E-state index contributed by atoms with van der Waals surface area (Å²) in [5.41, 5.74) is -0.195. The van der Waals surface area contributed by atoms with E-state index in [-0.39, 0.29) is 35.5 Å². The molecule has 1 N–H and O–H groups in total. The van der Waals surface area contributed by atoms with Crippen LogP contribution in [-0.4, -0.2) is 92.7 Å². The third kappa shape index (κ3) is 4.80. The zero-order valence-corrected chi connectivity index (χ0v) is 25.4. The molecule has 2 aromatic rings. The Morgan fingerprint density at radius 1 is 1.09 bits per heavy atom. The fraction of sp³-hybridized carbons (Fsp3) is 0.719. The van der Waals surface area contributed by atoms with Gasteiger partial charge in [0.2, 0.25) is 5.88 Å². The average Bonchev–Trinajstić information content (AvgIpc) is 3.81. The van der Waals surface area contributed by atoms with Gasteiger partial charge in [0, 0.05) is 13.0 Å². The minimum atomic E-state index is -0.926. The van der Waals surface area contributed by atoms with Gasteiger partial charge in [0.05, 0.1) is 36.8 Å². The second kappa shape index (κ2) is 12.0. The number of ketones is 1. The maximum absolute atomic E-state index is 14.6. The highest BCUT2D eigenvalue weighted by Gasteiger charge is 2.63. The van der Waals surface area contributed by atoms with Gasteiger partial charge in [0.25, 0.3) is 0 Å². The number of likely N-dealkylation sites (N-methyl/N-ethyl adjacent to an activating group) is 1. The van der Waals surface area contributed by atoms with Crippen molar-refractivity contribution in [2.45, 2.75) is 101 Å². The fourth-order valence-corrected chi connectivity index (χ4v) is 8.34. The molecular weight excluding hydrogens is 564 g/mol. The van der Waals surface area contributed by atoms with Crippen LogP contribution >= 0.6 is 0 Å². The number of fused-ring (bicyclic) bond motifs is 2. The molecule has 0 amide bonds. The topological polar surface area (TPSA) is 133 Å². The van der Waals surface area contributed by atoms with Crippen LogP contribution < -0.4 is 4.74 Å². The number of Topliss-reactive ketones (excluding diaryl/α,β-unsaturated/α-hetero) is 1. The van der Waals surface area contributed by atoms with Gasteiger partial charge in [0.1, 0.15) is 11.1 Å². The number of ether oxygens (including phenoxy) is 4. The lowest BCUT2D eigenvalue weighted by Crippen LogP contribution is -2.60. The summed E-state index contributed by atoms with van der Waals surface area (Å²) in [4.78, 5) is 26.5. The number of hydrogen-bond acceptors (Lipinski definition) is 11. The molecule has 0 radical (unpaired) electrons. The monoisotopic (exact) mass is 606 g/mol. The lowest BCUT2D eigenvalue weighted by Gasteiger charge is -2.52. The predicted molar refractivity (Wildman–Crippen MR) is 159 cm³/mol. The zero-order valence-electron chi connectivity index (χ0n) is 25.4. The summed E-state index contributed by atoms with van der Waals surface area (Å²) in [6.07, 6.45) is 16.7. The number of likely N-dealkylation sites (tertiary alicyclic amines) is 1. The molecule has 5 aliphatic rings. The van der Waals surface area contributed by atoms with Gasteiger partial charge in [0.15, 0.2) is 35.4 Å². The van der Waals surface area contributed by atoms with E-state index in [4.69, 9.17) is 35.3 Å². The van der Waals surface area contributed by atoms with Crippen molar-refractivity contribution in [3.63, 3.8) is 0 Å². The molecule has 2 aliphatic carbocycles. The second-order valence-corrected chi connectivity index (χ2v) is 12.9. The third-order valence-corrected chi connectivity index (χ3v) is 10.6. The first-order chi connectivity index (χ1) is 21.5. The molecule has 3 saturated heterocycles. The van der Waals surface area contributed by atoms with Crippen molar-refractivity contribution in [2.75, 3.05) is 33.4 Å². The summed E-state index contributed by atoms with van der Waals surface area (Å²) >= 11 is 0. The lowest BCUT2D eigenvalue weighted by molar-refractivity contribution is -0.255. The third-order valence-electron chi connectivity index (χ3n) is 10.6. The van der Waals surface area contributed by atoms with Crippen LogP contribution in [0.25, 0.3) is 11.0 Å². The molecule has 0 bridgehead atoms. The molecule has 2 aromatic heterocycles. The Labute approximate surface area is 257 Å². The lowest BCUT2D eigenvalue weighted by atomic mass is 9.57. The van der Waals surface area contributed by atoms with Crippen LogP contribution in [0.1, 0.15) is 89.1 Å². The van der Waals surface area contributed by atoms with Crippen molar-refractivity contribution in [1.29, 1.82) is 0 Å².